The Bertz CT molecular complexity index is 1200. The molecule has 0 spiro atoms. The van der Waals surface area contributed by atoms with Crippen LogP contribution in [-0.4, -0.2) is 18.0 Å². The van der Waals surface area contributed by atoms with Crippen LogP contribution in [0.3, 0.4) is 0 Å². The third kappa shape index (κ3) is 4.17. The molecule has 4 aromatic rings. The Hall–Kier alpha value is -3.28. The fourth-order valence-electron chi connectivity index (χ4n) is 2.96. The van der Waals surface area contributed by atoms with Gasteiger partial charge >= 0.3 is 0 Å². The van der Waals surface area contributed by atoms with Crippen molar-refractivity contribution in [2.75, 3.05) is 12.4 Å². The smallest absolute Gasteiger partial charge is 0.256 e. The lowest BCUT2D eigenvalue weighted by atomic mass is 10.1. The van der Waals surface area contributed by atoms with Crippen LogP contribution < -0.4 is 10.1 Å². The van der Waals surface area contributed by atoms with E-state index >= 15 is 0 Å². The van der Waals surface area contributed by atoms with Crippen molar-refractivity contribution in [1.29, 1.82) is 0 Å². The van der Waals surface area contributed by atoms with Crippen LogP contribution in [-0.2, 0) is 0 Å². The molecule has 3 aromatic carbocycles. The molecule has 0 radical (unpaired) electrons. The Balaban J connectivity index is 1.62. The van der Waals surface area contributed by atoms with Crippen molar-refractivity contribution in [1.82, 2.24) is 4.98 Å². The summed E-state index contributed by atoms with van der Waals surface area (Å²) in [6, 6.07) is 19.4. The minimum Gasteiger partial charge on any atom is -0.495 e. The van der Waals surface area contributed by atoms with Gasteiger partial charge in [-0.2, -0.15) is 0 Å². The molecule has 0 saturated carbocycles. The van der Waals surface area contributed by atoms with E-state index in [0.717, 1.165) is 5.56 Å². The first-order valence-electron chi connectivity index (χ1n) is 9.01. The Morgan fingerprint density at radius 3 is 2.53 bits per heavy atom. The summed E-state index contributed by atoms with van der Waals surface area (Å²) in [6.45, 7) is 0. The zero-order chi connectivity index (χ0) is 21.1. The fourth-order valence-corrected chi connectivity index (χ4v) is 3.34. The molecule has 1 amide bonds. The normalized spacial score (nSPS) is 10.6. The van der Waals surface area contributed by atoms with Crippen molar-refractivity contribution in [3.63, 3.8) is 0 Å². The summed E-state index contributed by atoms with van der Waals surface area (Å²) in [5.41, 5.74) is 2.39. The Morgan fingerprint density at radius 2 is 1.80 bits per heavy atom. The van der Waals surface area contributed by atoms with Gasteiger partial charge in [0.05, 0.1) is 23.9 Å². The monoisotopic (exact) mass is 438 g/mol. The number of nitrogens with one attached hydrogen (secondary N) is 1. The van der Waals surface area contributed by atoms with Gasteiger partial charge in [-0.25, -0.2) is 4.98 Å². The first kappa shape index (κ1) is 20.0. The minimum atomic E-state index is -0.307. The lowest BCUT2D eigenvalue weighted by Gasteiger charge is -2.10. The van der Waals surface area contributed by atoms with Crippen LogP contribution in [0, 0.1) is 0 Å². The summed E-state index contributed by atoms with van der Waals surface area (Å²) in [5.74, 6) is 1.15. The lowest BCUT2D eigenvalue weighted by Crippen LogP contribution is -2.13. The first-order valence-corrected chi connectivity index (χ1v) is 9.77. The van der Waals surface area contributed by atoms with Crippen LogP contribution in [0.4, 0.5) is 5.69 Å². The number of ether oxygens (including phenoxy) is 1. The van der Waals surface area contributed by atoms with Gasteiger partial charge in [0.2, 0.25) is 5.89 Å². The summed E-state index contributed by atoms with van der Waals surface area (Å²) < 4.78 is 11.1. The number of hydrogen-bond donors (Lipinski definition) is 1. The molecule has 0 aliphatic heterocycles. The molecule has 1 aromatic heterocycles. The maximum absolute atomic E-state index is 12.9. The van der Waals surface area contributed by atoms with Gasteiger partial charge in [0.15, 0.2) is 5.76 Å². The molecule has 0 unspecified atom stereocenters. The van der Waals surface area contributed by atoms with E-state index < -0.39 is 0 Å². The van der Waals surface area contributed by atoms with Gasteiger partial charge in [0.1, 0.15) is 5.75 Å². The molecule has 1 heterocycles. The Kier molecular flexibility index (Phi) is 5.74. The number of carbonyl (C=O) groups excluding carboxylic acids is 1. The van der Waals surface area contributed by atoms with E-state index in [0.29, 0.717) is 44.3 Å². The predicted octanol–water partition coefficient (Wildman–Crippen LogP) is 6.58. The van der Waals surface area contributed by atoms with Crippen molar-refractivity contribution in [2.24, 2.45) is 0 Å². The standard InChI is InChI=1S/C23H16Cl2N2O3/c1-29-20-11-10-16(12-19(20)25)27-22(28)17-4-2-3-5-18(17)23-26-13-21(30-23)14-6-8-15(24)9-7-14/h2-13H,1H3,(H,27,28). The molecule has 0 aliphatic carbocycles. The van der Waals surface area contributed by atoms with E-state index in [4.69, 9.17) is 32.4 Å². The molecular weight excluding hydrogens is 423 g/mol. The second-order valence-corrected chi connectivity index (χ2v) is 7.23. The van der Waals surface area contributed by atoms with Crippen molar-refractivity contribution in [2.45, 2.75) is 0 Å². The second kappa shape index (κ2) is 8.61. The molecule has 0 saturated heterocycles. The van der Waals surface area contributed by atoms with E-state index in [9.17, 15) is 4.79 Å². The summed E-state index contributed by atoms with van der Waals surface area (Å²) in [6.07, 6.45) is 1.62. The van der Waals surface area contributed by atoms with Crippen LogP contribution in [0.25, 0.3) is 22.8 Å². The number of nitrogens with zero attached hydrogens (tertiary/aromatic N) is 1. The third-order valence-corrected chi connectivity index (χ3v) is 4.99. The quantitative estimate of drug-likeness (QED) is 0.382. The van der Waals surface area contributed by atoms with Gasteiger partial charge in [-0.3, -0.25) is 4.79 Å². The molecule has 7 heteroatoms. The maximum atomic E-state index is 12.9. The molecule has 4 rings (SSSR count). The molecule has 0 aliphatic rings. The average molecular weight is 439 g/mol. The highest BCUT2D eigenvalue weighted by Crippen LogP contribution is 2.30. The molecule has 0 atom stereocenters. The number of oxazole rings is 1. The van der Waals surface area contributed by atoms with Crippen LogP contribution in [0.1, 0.15) is 10.4 Å². The minimum absolute atomic E-state index is 0.307. The summed E-state index contributed by atoms with van der Waals surface area (Å²) >= 11 is 12.1. The second-order valence-electron chi connectivity index (χ2n) is 6.39. The largest absolute Gasteiger partial charge is 0.495 e. The number of benzene rings is 3. The fraction of sp³-hybridized carbons (Fsp3) is 0.0435. The van der Waals surface area contributed by atoms with Crippen LogP contribution in [0.15, 0.2) is 77.3 Å². The highest BCUT2D eigenvalue weighted by molar-refractivity contribution is 6.32. The van der Waals surface area contributed by atoms with Crippen LogP contribution in [0.5, 0.6) is 5.75 Å². The van der Waals surface area contributed by atoms with Crippen LogP contribution >= 0.6 is 23.2 Å². The van der Waals surface area contributed by atoms with Crippen molar-refractivity contribution in [3.05, 3.63) is 88.5 Å². The van der Waals surface area contributed by atoms with Gasteiger partial charge in [0.25, 0.3) is 5.91 Å². The Labute approximate surface area is 183 Å². The van der Waals surface area contributed by atoms with E-state index in [1.54, 1.807) is 54.7 Å². The summed E-state index contributed by atoms with van der Waals surface area (Å²) in [7, 11) is 1.53. The van der Waals surface area contributed by atoms with Crippen molar-refractivity contribution in [3.8, 4) is 28.5 Å². The molecule has 150 valence electrons. The van der Waals surface area contributed by atoms with Crippen molar-refractivity contribution < 1.29 is 13.9 Å². The number of amides is 1. The zero-order valence-electron chi connectivity index (χ0n) is 15.9. The molecule has 30 heavy (non-hydrogen) atoms. The predicted molar refractivity (Wildman–Crippen MR) is 118 cm³/mol. The van der Waals surface area contributed by atoms with E-state index in [-0.39, 0.29) is 5.91 Å². The maximum Gasteiger partial charge on any atom is 0.256 e. The van der Waals surface area contributed by atoms with E-state index in [1.165, 1.54) is 7.11 Å². The average Bonchev–Trinajstić information content (AvgIpc) is 3.24. The van der Waals surface area contributed by atoms with E-state index in [2.05, 4.69) is 10.3 Å². The molecule has 1 N–H and O–H groups in total. The van der Waals surface area contributed by atoms with Gasteiger partial charge in [-0.15, -0.1) is 0 Å². The highest BCUT2D eigenvalue weighted by Gasteiger charge is 2.17. The van der Waals surface area contributed by atoms with Gasteiger partial charge in [-0.05, 0) is 54.6 Å². The molecule has 5 nitrogen and oxygen atoms in total. The highest BCUT2D eigenvalue weighted by atomic mass is 35.5. The number of carbonyl (C=O) groups is 1. The number of halogens is 2. The zero-order valence-corrected chi connectivity index (χ0v) is 17.4. The molecular formula is C23H16Cl2N2O3. The van der Waals surface area contributed by atoms with Crippen molar-refractivity contribution >= 4 is 34.8 Å². The summed E-state index contributed by atoms with van der Waals surface area (Å²) in [4.78, 5) is 17.3. The number of methoxy groups -OCH3 is 1. The van der Waals surface area contributed by atoms with Crippen LogP contribution in [0.2, 0.25) is 10.0 Å². The van der Waals surface area contributed by atoms with E-state index in [1.807, 2.05) is 18.2 Å². The van der Waals surface area contributed by atoms with Gasteiger partial charge in [0, 0.05) is 21.8 Å². The number of hydrogen-bond acceptors (Lipinski definition) is 4. The first-order chi connectivity index (χ1) is 14.5. The number of aromatic nitrogens is 1. The summed E-state index contributed by atoms with van der Waals surface area (Å²) in [5, 5.41) is 3.89. The topological polar surface area (TPSA) is 64.4 Å². The Morgan fingerprint density at radius 1 is 1.03 bits per heavy atom. The number of rotatable bonds is 5. The molecule has 0 fully saturated rings. The van der Waals surface area contributed by atoms with Gasteiger partial charge in [-0.1, -0.05) is 35.3 Å². The number of anilines is 1. The SMILES string of the molecule is COc1ccc(NC(=O)c2ccccc2-c2ncc(-c3ccc(Cl)cc3)o2)cc1Cl. The third-order valence-electron chi connectivity index (χ3n) is 4.45. The molecule has 0 bridgehead atoms. The van der Waals surface area contributed by atoms with Gasteiger partial charge < -0.3 is 14.5 Å². The lowest BCUT2D eigenvalue weighted by molar-refractivity contribution is 0.102.